The van der Waals surface area contributed by atoms with Crippen LogP contribution < -0.4 is 5.32 Å². The molecule has 0 radical (unpaired) electrons. The first kappa shape index (κ1) is 9.11. The number of aliphatic hydroxyl groups excluding tert-OH is 3. The van der Waals surface area contributed by atoms with Gasteiger partial charge in [0, 0.05) is 0 Å². The minimum absolute atomic E-state index is 0.0980. The average Bonchev–Trinajstić information content (AvgIpc) is 2.78. The zero-order valence-electron chi connectivity index (χ0n) is 6.04. The van der Waals surface area contributed by atoms with Gasteiger partial charge < -0.3 is 25.4 Å². The lowest BCUT2D eigenvalue weighted by molar-refractivity contribution is -0.127. The molecule has 0 saturated carbocycles. The fourth-order valence-corrected chi connectivity index (χ4v) is 0.832. The molecule has 1 heterocycles. The number of nitrogens with one attached hydrogen (secondary N) is 1. The molecular weight excluding hydrogens is 166 g/mol. The number of aldehydes is 1. The zero-order valence-corrected chi connectivity index (χ0v) is 6.04. The number of hydrogen-bond acceptors (Lipinski definition) is 5. The van der Waals surface area contributed by atoms with Gasteiger partial charge in [0.05, 0.1) is 0 Å². The highest BCUT2D eigenvalue weighted by atomic mass is 16.4. The number of carbonyl (C=O) groups is 2. The Morgan fingerprint density at radius 3 is 2.25 bits per heavy atom. The third-order valence-electron chi connectivity index (χ3n) is 1.68. The van der Waals surface area contributed by atoms with Gasteiger partial charge in [0.1, 0.15) is 24.4 Å². The van der Waals surface area contributed by atoms with Crippen LogP contribution in [0.3, 0.4) is 0 Å². The fourth-order valence-electron chi connectivity index (χ4n) is 0.832. The molecule has 4 N–H and O–H groups in total. The maximum atomic E-state index is 10.4. The van der Waals surface area contributed by atoms with Crippen LogP contribution in [0.25, 0.3) is 0 Å². The van der Waals surface area contributed by atoms with Gasteiger partial charge in [-0.15, -0.1) is 0 Å². The summed E-state index contributed by atoms with van der Waals surface area (Å²) in [7, 11) is 0. The van der Waals surface area contributed by atoms with Crippen LogP contribution >= 0.6 is 0 Å². The van der Waals surface area contributed by atoms with Crippen molar-refractivity contribution in [2.75, 3.05) is 0 Å². The molecule has 12 heavy (non-hydrogen) atoms. The van der Waals surface area contributed by atoms with Crippen molar-refractivity contribution in [3.63, 3.8) is 0 Å². The highest BCUT2D eigenvalue weighted by Crippen LogP contribution is 2.11. The Balaban J connectivity index is 2.46. The molecule has 0 aromatic carbocycles. The van der Waals surface area contributed by atoms with Crippen molar-refractivity contribution in [1.29, 1.82) is 0 Å². The van der Waals surface area contributed by atoms with Gasteiger partial charge in [-0.25, -0.2) is 0 Å². The Labute approximate surface area is 67.8 Å². The first-order chi connectivity index (χ1) is 5.57. The van der Waals surface area contributed by atoms with E-state index < -0.39 is 30.3 Å². The predicted octanol–water partition coefficient (Wildman–Crippen LogP) is -3.23. The molecule has 6 nitrogen and oxygen atoms in total. The fraction of sp³-hybridized carbons (Fsp3) is 0.667. The molecule has 6 heteroatoms. The molecule has 1 aliphatic rings. The largest absolute Gasteiger partial charge is 0.388 e. The number of hydrogen-bond donors (Lipinski definition) is 4. The van der Waals surface area contributed by atoms with Crippen molar-refractivity contribution in [2.24, 2.45) is 0 Å². The van der Waals surface area contributed by atoms with Crippen LogP contribution in [0.2, 0.25) is 0 Å². The Hall–Kier alpha value is -0.980. The quantitative estimate of drug-likeness (QED) is 0.265. The van der Waals surface area contributed by atoms with Crippen LogP contribution in [0, 0.1) is 0 Å². The number of aliphatic hydroxyl groups is 3. The van der Waals surface area contributed by atoms with Gasteiger partial charge >= 0.3 is 0 Å². The summed E-state index contributed by atoms with van der Waals surface area (Å²) in [6.45, 7) is 0. The number of amides is 1. The van der Waals surface area contributed by atoms with Crippen LogP contribution in [0.4, 0.5) is 0 Å². The van der Waals surface area contributed by atoms with E-state index in [9.17, 15) is 9.59 Å². The van der Waals surface area contributed by atoms with Crippen LogP contribution in [-0.4, -0.2) is 51.9 Å². The standard InChI is InChI=1S/C6H9NO5/c8-1-2(9)4(10)5(11)3-6(12)7-3/h1-5,9-11H,(H,7,12)/t2-,3-,4+,5+/m0/s1. The third-order valence-corrected chi connectivity index (χ3v) is 1.68. The van der Waals surface area contributed by atoms with Crippen molar-refractivity contribution >= 4 is 12.2 Å². The van der Waals surface area contributed by atoms with Gasteiger partial charge in [-0.1, -0.05) is 0 Å². The first-order valence-electron chi connectivity index (χ1n) is 3.38. The summed E-state index contributed by atoms with van der Waals surface area (Å²) in [6.07, 6.45) is -4.61. The molecule has 0 aliphatic carbocycles. The van der Waals surface area contributed by atoms with Crippen molar-refractivity contribution < 1.29 is 24.9 Å². The monoisotopic (exact) mass is 175 g/mol. The Morgan fingerprint density at radius 2 is 1.92 bits per heavy atom. The SMILES string of the molecule is O=C[C@H](O)[C@@H](O)[C@H](O)[C@@H]1NC1=O. The van der Waals surface area contributed by atoms with E-state index in [0.717, 1.165) is 0 Å². The Morgan fingerprint density at radius 1 is 1.42 bits per heavy atom. The molecule has 1 fully saturated rings. The molecule has 0 aromatic heterocycles. The van der Waals surface area contributed by atoms with E-state index in [-0.39, 0.29) is 6.29 Å². The lowest BCUT2D eigenvalue weighted by Crippen LogP contribution is -2.42. The molecule has 0 bridgehead atoms. The van der Waals surface area contributed by atoms with E-state index in [1.807, 2.05) is 0 Å². The van der Waals surface area contributed by atoms with Crippen LogP contribution in [0.1, 0.15) is 0 Å². The molecule has 1 amide bonds. The molecule has 68 valence electrons. The first-order valence-corrected chi connectivity index (χ1v) is 3.38. The summed E-state index contributed by atoms with van der Waals surface area (Å²) >= 11 is 0. The van der Waals surface area contributed by atoms with E-state index in [4.69, 9.17) is 15.3 Å². The van der Waals surface area contributed by atoms with Crippen molar-refractivity contribution in [3.8, 4) is 0 Å². The molecule has 1 rings (SSSR count). The Bertz CT molecular complexity index is 200. The lowest BCUT2D eigenvalue weighted by Gasteiger charge is -2.16. The Kier molecular flexibility index (Phi) is 2.41. The van der Waals surface area contributed by atoms with E-state index in [1.54, 1.807) is 0 Å². The van der Waals surface area contributed by atoms with Crippen molar-refractivity contribution in [1.82, 2.24) is 5.32 Å². The van der Waals surface area contributed by atoms with Crippen LogP contribution in [0.15, 0.2) is 0 Å². The minimum atomic E-state index is -1.66. The normalized spacial score (nSPS) is 28.6. The van der Waals surface area contributed by atoms with E-state index in [1.165, 1.54) is 0 Å². The van der Waals surface area contributed by atoms with Gasteiger partial charge in [-0.2, -0.15) is 0 Å². The van der Waals surface area contributed by atoms with Crippen molar-refractivity contribution in [2.45, 2.75) is 24.4 Å². The molecule has 1 aliphatic heterocycles. The summed E-state index contributed by atoms with van der Waals surface area (Å²) in [4.78, 5) is 20.3. The summed E-state index contributed by atoms with van der Waals surface area (Å²) in [5.74, 6) is -0.403. The maximum Gasteiger partial charge on any atom is 0.246 e. The third kappa shape index (κ3) is 1.60. The van der Waals surface area contributed by atoms with Gasteiger partial charge in [0.2, 0.25) is 5.91 Å². The minimum Gasteiger partial charge on any atom is -0.388 e. The number of rotatable bonds is 4. The smallest absolute Gasteiger partial charge is 0.246 e. The van der Waals surface area contributed by atoms with E-state index >= 15 is 0 Å². The molecule has 0 aromatic rings. The van der Waals surface area contributed by atoms with Crippen molar-refractivity contribution in [3.05, 3.63) is 0 Å². The summed E-state index contributed by atoms with van der Waals surface area (Å²) in [5, 5.41) is 29.0. The van der Waals surface area contributed by atoms with Gasteiger partial charge in [0.15, 0.2) is 6.29 Å². The second-order valence-electron chi connectivity index (χ2n) is 2.59. The summed E-state index contributed by atoms with van der Waals surface area (Å²) in [5.41, 5.74) is 0. The molecular formula is C6H9NO5. The van der Waals surface area contributed by atoms with Gasteiger partial charge in [-0.3, -0.25) is 4.79 Å². The molecule has 1 saturated heterocycles. The summed E-state index contributed by atoms with van der Waals surface area (Å²) < 4.78 is 0. The second kappa shape index (κ2) is 3.18. The lowest BCUT2D eigenvalue weighted by atomic mass is 10.1. The molecule has 0 spiro atoms. The number of carbonyl (C=O) groups excluding carboxylic acids is 2. The topological polar surface area (TPSA) is 117 Å². The summed E-state index contributed by atoms with van der Waals surface area (Å²) in [6, 6.07) is -0.852. The van der Waals surface area contributed by atoms with E-state index in [2.05, 4.69) is 5.32 Å². The highest BCUT2D eigenvalue weighted by molar-refractivity contribution is 5.97. The van der Waals surface area contributed by atoms with E-state index in [0.29, 0.717) is 0 Å². The van der Waals surface area contributed by atoms with Gasteiger partial charge in [-0.05, 0) is 0 Å². The average molecular weight is 175 g/mol. The van der Waals surface area contributed by atoms with Crippen LogP contribution in [0.5, 0.6) is 0 Å². The molecule has 4 atom stereocenters. The maximum absolute atomic E-state index is 10.4. The van der Waals surface area contributed by atoms with Crippen LogP contribution in [-0.2, 0) is 9.59 Å². The predicted molar refractivity (Wildman–Crippen MR) is 36.0 cm³/mol. The second-order valence-corrected chi connectivity index (χ2v) is 2.59. The highest BCUT2D eigenvalue weighted by Gasteiger charge is 2.45. The molecule has 0 unspecified atom stereocenters. The zero-order chi connectivity index (χ0) is 9.30. The van der Waals surface area contributed by atoms with Gasteiger partial charge in [0.25, 0.3) is 0 Å².